The predicted octanol–water partition coefficient (Wildman–Crippen LogP) is 8.60. The van der Waals surface area contributed by atoms with Crippen LogP contribution < -0.4 is 20.3 Å². The molecule has 0 aliphatic heterocycles. The Kier molecular flexibility index (Phi) is 11.7. The first-order chi connectivity index (χ1) is 25.5. The molecule has 14 heteroatoms. The molecule has 0 aliphatic carbocycles. The van der Waals surface area contributed by atoms with Crippen LogP contribution in [0.3, 0.4) is 0 Å². The number of hydrogen-bond donors (Lipinski definition) is 0. The monoisotopic (exact) mass is 776 g/mol. The number of aryl methyl sites for hydroxylation is 3. The maximum Gasteiger partial charge on any atom is 0.228 e. The van der Waals surface area contributed by atoms with E-state index in [0.717, 1.165) is 24.0 Å². The van der Waals surface area contributed by atoms with Gasteiger partial charge in [0.2, 0.25) is 22.4 Å². The molecule has 0 fully saturated rings. The summed E-state index contributed by atoms with van der Waals surface area (Å²) >= 11 is 0. The summed E-state index contributed by atoms with van der Waals surface area (Å²) in [6.45, 7) is 6.65. The summed E-state index contributed by atoms with van der Waals surface area (Å²) in [6, 6.07) is 24.4. The van der Waals surface area contributed by atoms with E-state index in [0.29, 0.717) is 28.7 Å². The van der Waals surface area contributed by atoms with Gasteiger partial charge in [-0.2, -0.15) is 0 Å². The Morgan fingerprint density at radius 3 is 1.56 bits per heavy atom. The van der Waals surface area contributed by atoms with Crippen LogP contribution in [0.25, 0.3) is 22.6 Å². The first kappa shape index (κ1) is 39.3. The van der Waals surface area contributed by atoms with Crippen LogP contribution >= 0.6 is 0 Å². The lowest BCUT2D eigenvalue weighted by Gasteiger charge is -2.12. The highest BCUT2D eigenvalue weighted by Gasteiger charge is 2.20. The molecule has 0 unspecified atom stereocenters. The lowest BCUT2D eigenvalue weighted by Crippen LogP contribution is -2.07. The lowest BCUT2D eigenvalue weighted by atomic mass is 10.1. The van der Waals surface area contributed by atoms with Crippen LogP contribution in [0.15, 0.2) is 131 Å². The van der Waals surface area contributed by atoms with Gasteiger partial charge in [-0.05, 0) is 93.1 Å². The minimum Gasteiger partial charge on any atom is -0.457 e. The molecule has 0 saturated heterocycles. The van der Waals surface area contributed by atoms with E-state index in [-0.39, 0.29) is 55.5 Å². The van der Waals surface area contributed by atoms with Crippen molar-refractivity contribution in [3.63, 3.8) is 0 Å². The summed E-state index contributed by atoms with van der Waals surface area (Å²) in [4.78, 5) is 25.2. The average molecular weight is 777 g/mol. The number of para-hydroxylation sites is 1. The largest absolute Gasteiger partial charge is 0.457 e. The highest BCUT2D eigenvalue weighted by molar-refractivity contribution is 7.91. The third-order valence-electron chi connectivity index (χ3n) is 7.87. The van der Waals surface area contributed by atoms with Crippen molar-refractivity contribution >= 4 is 19.7 Å². The third kappa shape index (κ3) is 9.19. The van der Waals surface area contributed by atoms with Crippen molar-refractivity contribution in [1.82, 2.24) is 0 Å². The number of halogens is 2. The summed E-state index contributed by atoms with van der Waals surface area (Å²) < 4.78 is 96.8. The van der Waals surface area contributed by atoms with Crippen LogP contribution in [0.5, 0.6) is 23.0 Å². The van der Waals surface area contributed by atoms with Crippen LogP contribution in [-0.4, -0.2) is 28.8 Å². The smallest absolute Gasteiger partial charge is 0.228 e. The summed E-state index contributed by atoms with van der Waals surface area (Å²) in [7, 11) is -6.70. The lowest BCUT2D eigenvalue weighted by molar-refractivity contribution is 0.412. The molecule has 0 atom stereocenters. The molecule has 2 heterocycles. The second-order valence-corrected chi connectivity index (χ2v) is 16.3. The quantitative estimate of drug-likeness (QED) is 0.140. The van der Waals surface area contributed by atoms with Gasteiger partial charge in [0, 0.05) is 35.6 Å². The standard InChI is InChI=1S/C20H16F2O5S.C20H18O5S/c1-3-28(24,25)15-7-4-13(5-8-15)19-20(17(23)10-12(2)26-19)27-18-9-6-14(21)11-16(18)22;1-13-6-4-5-7-18(13)25-20-17(21)12-14(2)24-19(20)15-8-10-16(11-9-15)26(3,22)23/h4-11H,3H2,1-2H3;4-12H,1-3H3. The van der Waals surface area contributed by atoms with Crippen molar-refractivity contribution in [2.24, 2.45) is 0 Å². The van der Waals surface area contributed by atoms with E-state index in [9.17, 15) is 35.2 Å². The molecule has 0 bridgehead atoms. The Bertz CT molecular complexity index is 2670. The molecule has 0 aliphatic rings. The molecule has 280 valence electrons. The van der Waals surface area contributed by atoms with Gasteiger partial charge in [0.05, 0.1) is 15.5 Å². The zero-order valence-corrected chi connectivity index (χ0v) is 31.3. The van der Waals surface area contributed by atoms with Crippen molar-refractivity contribution < 1.29 is 43.9 Å². The van der Waals surface area contributed by atoms with Crippen molar-refractivity contribution in [1.29, 1.82) is 0 Å². The summed E-state index contributed by atoms with van der Waals surface area (Å²) in [5, 5.41) is 0. The highest BCUT2D eigenvalue weighted by atomic mass is 32.2. The molecule has 4 aromatic carbocycles. The van der Waals surface area contributed by atoms with Crippen LogP contribution in [0.2, 0.25) is 0 Å². The van der Waals surface area contributed by atoms with Crippen molar-refractivity contribution in [3.05, 3.63) is 152 Å². The molecule has 2 aromatic heterocycles. The van der Waals surface area contributed by atoms with Crippen molar-refractivity contribution in [3.8, 4) is 45.6 Å². The van der Waals surface area contributed by atoms with E-state index in [2.05, 4.69) is 0 Å². The number of hydrogen-bond acceptors (Lipinski definition) is 10. The van der Waals surface area contributed by atoms with Gasteiger partial charge in [-0.3, -0.25) is 9.59 Å². The van der Waals surface area contributed by atoms with Gasteiger partial charge in [0.1, 0.15) is 23.1 Å². The summed E-state index contributed by atoms with van der Waals surface area (Å²) in [6.07, 6.45) is 1.14. The first-order valence-corrected chi connectivity index (χ1v) is 19.8. The molecule has 0 spiro atoms. The maximum absolute atomic E-state index is 13.9. The Balaban J connectivity index is 0.000000208. The van der Waals surface area contributed by atoms with Crippen molar-refractivity contribution in [2.45, 2.75) is 37.5 Å². The van der Waals surface area contributed by atoms with E-state index >= 15 is 0 Å². The molecule has 54 heavy (non-hydrogen) atoms. The zero-order chi connectivity index (χ0) is 39.4. The minimum absolute atomic E-state index is 0.00849. The fourth-order valence-corrected chi connectivity index (χ4v) is 6.57. The molecule has 6 aromatic rings. The second-order valence-electron chi connectivity index (χ2n) is 12.0. The number of rotatable bonds is 9. The fourth-order valence-electron chi connectivity index (χ4n) is 5.05. The van der Waals surface area contributed by atoms with E-state index in [1.807, 2.05) is 25.1 Å². The first-order valence-electron chi connectivity index (χ1n) is 16.3. The Labute approximate surface area is 310 Å². The molecular weight excluding hydrogens is 743 g/mol. The SMILES string of the molecule is CCS(=O)(=O)c1ccc(-c2oc(C)cc(=O)c2Oc2ccc(F)cc2F)cc1.Cc1cc(=O)c(Oc2ccccc2C)c(-c2ccc(S(C)(=O)=O)cc2)o1. The van der Waals surface area contributed by atoms with Gasteiger partial charge < -0.3 is 18.3 Å². The molecule has 10 nitrogen and oxygen atoms in total. The van der Waals surface area contributed by atoms with E-state index < -0.39 is 36.7 Å². The zero-order valence-electron chi connectivity index (χ0n) is 29.7. The van der Waals surface area contributed by atoms with E-state index in [1.54, 1.807) is 32.0 Å². The minimum atomic E-state index is -3.39. The van der Waals surface area contributed by atoms with Crippen molar-refractivity contribution in [2.75, 3.05) is 12.0 Å². The summed E-state index contributed by atoms with van der Waals surface area (Å²) in [5.74, 6) is -0.826. The normalized spacial score (nSPS) is 11.4. The number of ether oxygens (including phenoxy) is 2. The van der Waals surface area contributed by atoms with Crippen LogP contribution in [0, 0.1) is 32.4 Å². The second kappa shape index (κ2) is 16.0. The van der Waals surface area contributed by atoms with Gasteiger partial charge in [0.25, 0.3) is 0 Å². The Morgan fingerprint density at radius 2 is 1.09 bits per heavy atom. The average Bonchev–Trinajstić information content (AvgIpc) is 3.12. The van der Waals surface area contributed by atoms with Gasteiger partial charge in [-0.15, -0.1) is 0 Å². The number of benzene rings is 4. The Hall–Kier alpha value is -5.86. The Morgan fingerprint density at radius 1 is 0.611 bits per heavy atom. The molecule has 0 N–H and O–H groups in total. The van der Waals surface area contributed by atoms with Gasteiger partial charge in [-0.1, -0.05) is 25.1 Å². The molecule has 0 saturated carbocycles. The fraction of sp³-hybridized carbons (Fsp3) is 0.150. The van der Waals surface area contributed by atoms with E-state index in [4.69, 9.17) is 18.3 Å². The topological polar surface area (TPSA) is 147 Å². The third-order valence-corrected chi connectivity index (χ3v) is 10.7. The predicted molar refractivity (Wildman–Crippen MR) is 199 cm³/mol. The van der Waals surface area contributed by atoms with Gasteiger partial charge in [0.15, 0.2) is 42.8 Å². The molecular formula is C40H34F2O10S2. The van der Waals surface area contributed by atoms with Gasteiger partial charge in [-0.25, -0.2) is 25.6 Å². The highest BCUT2D eigenvalue weighted by Crippen LogP contribution is 2.35. The summed E-state index contributed by atoms with van der Waals surface area (Å²) in [5.41, 5.74) is 0.938. The number of sulfone groups is 2. The maximum atomic E-state index is 13.9. The molecule has 0 amide bonds. The molecule has 6 rings (SSSR count). The van der Waals surface area contributed by atoms with E-state index in [1.165, 1.54) is 55.5 Å². The van der Waals surface area contributed by atoms with Crippen LogP contribution in [-0.2, 0) is 19.7 Å². The molecule has 0 radical (unpaired) electrons. The van der Waals surface area contributed by atoms with Gasteiger partial charge >= 0.3 is 0 Å². The van der Waals surface area contributed by atoms with Crippen LogP contribution in [0.1, 0.15) is 24.0 Å². The van der Waals surface area contributed by atoms with Crippen LogP contribution in [0.4, 0.5) is 8.78 Å².